The molecule has 4 nitrogen and oxygen atoms in total. The van der Waals surface area contributed by atoms with E-state index in [1.165, 1.54) is 25.7 Å². The Morgan fingerprint density at radius 1 is 0.870 bits per heavy atom. The predicted octanol–water partition coefficient (Wildman–Crippen LogP) is 3.59. The lowest BCUT2D eigenvalue weighted by Crippen LogP contribution is -2.33. The number of rotatable bonds is 8. The number of ether oxygens (including phenoxy) is 3. The molecule has 3 aliphatic rings. The number of unbranched alkanes of at least 4 members (excludes halogenated alkanes) is 3. The fourth-order valence-corrected chi connectivity index (χ4v) is 4.34. The van der Waals surface area contributed by atoms with Crippen molar-refractivity contribution in [1.29, 1.82) is 0 Å². The Bertz CT molecular complexity index is 342. The maximum atomic E-state index is 10.3. The molecule has 134 valence electrons. The summed E-state index contributed by atoms with van der Waals surface area (Å²) in [7, 11) is 0. The Balaban J connectivity index is 1.37. The molecule has 3 saturated heterocycles. The van der Waals surface area contributed by atoms with Crippen molar-refractivity contribution < 1.29 is 19.3 Å². The van der Waals surface area contributed by atoms with E-state index >= 15 is 0 Å². The highest BCUT2D eigenvalue weighted by atomic mass is 16.6. The van der Waals surface area contributed by atoms with E-state index in [-0.39, 0.29) is 30.5 Å². The molecule has 0 radical (unpaired) electrons. The van der Waals surface area contributed by atoms with E-state index in [4.69, 9.17) is 14.2 Å². The molecule has 6 atom stereocenters. The third-order valence-corrected chi connectivity index (χ3v) is 5.75. The van der Waals surface area contributed by atoms with E-state index in [1.54, 1.807) is 0 Å². The number of aliphatic hydroxyl groups is 1. The first-order valence-corrected chi connectivity index (χ1v) is 9.88. The molecule has 23 heavy (non-hydrogen) atoms. The summed E-state index contributed by atoms with van der Waals surface area (Å²) in [4.78, 5) is 0. The Morgan fingerprint density at radius 2 is 1.61 bits per heavy atom. The summed E-state index contributed by atoms with van der Waals surface area (Å²) in [6.07, 6.45) is 12.9. The van der Waals surface area contributed by atoms with Crippen molar-refractivity contribution >= 4 is 0 Å². The van der Waals surface area contributed by atoms with Crippen LogP contribution in [0.5, 0.6) is 0 Å². The number of aliphatic hydroxyl groups excluding tert-OH is 1. The zero-order valence-corrected chi connectivity index (χ0v) is 14.6. The molecule has 3 heterocycles. The minimum atomic E-state index is -0.299. The highest BCUT2D eigenvalue weighted by molar-refractivity contribution is 4.90. The average molecular weight is 326 g/mol. The second-order valence-corrected chi connectivity index (χ2v) is 7.55. The van der Waals surface area contributed by atoms with Gasteiger partial charge in [-0.15, -0.1) is 0 Å². The topological polar surface area (TPSA) is 47.9 Å². The largest absolute Gasteiger partial charge is 0.390 e. The molecular formula is C19H34O4. The van der Waals surface area contributed by atoms with Gasteiger partial charge in [0.15, 0.2) is 0 Å². The monoisotopic (exact) mass is 326 g/mol. The second kappa shape index (κ2) is 8.80. The van der Waals surface area contributed by atoms with Gasteiger partial charge in [-0.3, -0.25) is 0 Å². The molecule has 4 heteroatoms. The highest BCUT2D eigenvalue weighted by Crippen LogP contribution is 2.35. The molecule has 0 saturated carbocycles. The van der Waals surface area contributed by atoms with Crippen LogP contribution in [-0.4, -0.2) is 48.3 Å². The van der Waals surface area contributed by atoms with E-state index in [9.17, 15) is 5.11 Å². The van der Waals surface area contributed by atoms with Gasteiger partial charge in [0.2, 0.25) is 0 Å². The van der Waals surface area contributed by atoms with Crippen LogP contribution in [0.4, 0.5) is 0 Å². The van der Waals surface area contributed by atoms with Crippen molar-refractivity contribution in [2.75, 3.05) is 6.61 Å². The van der Waals surface area contributed by atoms with Crippen molar-refractivity contribution in [3.8, 4) is 0 Å². The first kappa shape index (κ1) is 17.7. The number of hydrogen-bond donors (Lipinski definition) is 1. The van der Waals surface area contributed by atoms with Gasteiger partial charge >= 0.3 is 0 Å². The van der Waals surface area contributed by atoms with E-state index in [0.717, 1.165) is 51.6 Å². The third kappa shape index (κ3) is 4.68. The molecule has 0 amide bonds. The summed E-state index contributed by atoms with van der Waals surface area (Å²) in [5.74, 6) is 0. The molecule has 3 aliphatic heterocycles. The molecule has 0 unspecified atom stereocenters. The Hall–Kier alpha value is -0.160. The van der Waals surface area contributed by atoms with Gasteiger partial charge in [0.25, 0.3) is 0 Å². The molecule has 0 aliphatic carbocycles. The molecule has 0 aromatic heterocycles. The molecule has 0 bridgehead atoms. The second-order valence-electron chi connectivity index (χ2n) is 7.55. The molecule has 0 spiro atoms. The fraction of sp³-hybridized carbons (Fsp3) is 1.00. The van der Waals surface area contributed by atoms with Crippen molar-refractivity contribution in [2.24, 2.45) is 0 Å². The summed E-state index contributed by atoms with van der Waals surface area (Å²) in [5.41, 5.74) is 0. The Kier molecular flexibility index (Phi) is 6.75. The van der Waals surface area contributed by atoms with Crippen LogP contribution in [0.1, 0.15) is 77.6 Å². The maximum absolute atomic E-state index is 10.3. The van der Waals surface area contributed by atoms with Crippen LogP contribution in [0, 0.1) is 0 Å². The van der Waals surface area contributed by atoms with Crippen molar-refractivity contribution in [1.82, 2.24) is 0 Å². The van der Waals surface area contributed by atoms with Crippen LogP contribution in [0.25, 0.3) is 0 Å². The SMILES string of the molecule is CCCCCC[C@@H](O)[C@@H]1CC[C@H]([C@@H]2CC[C@H]([C@@H]3CCCO3)O2)O1. The van der Waals surface area contributed by atoms with Gasteiger partial charge in [-0.25, -0.2) is 0 Å². The van der Waals surface area contributed by atoms with Crippen molar-refractivity contribution in [3.05, 3.63) is 0 Å². The lowest BCUT2D eigenvalue weighted by molar-refractivity contribution is -0.111. The van der Waals surface area contributed by atoms with Crippen LogP contribution in [0.2, 0.25) is 0 Å². The first-order chi connectivity index (χ1) is 11.3. The van der Waals surface area contributed by atoms with Gasteiger partial charge < -0.3 is 19.3 Å². The van der Waals surface area contributed by atoms with Gasteiger partial charge in [0, 0.05) is 6.61 Å². The lowest BCUT2D eigenvalue weighted by Gasteiger charge is -2.24. The molecule has 0 aromatic carbocycles. The summed E-state index contributed by atoms with van der Waals surface area (Å²) < 4.78 is 18.2. The molecule has 0 aromatic rings. The van der Waals surface area contributed by atoms with Crippen LogP contribution in [0.3, 0.4) is 0 Å². The number of hydrogen-bond acceptors (Lipinski definition) is 4. The summed E-state index contributed by atoms with van der Waals surface area (Å²) >= 11 is 0. The quantitative estimate of drug-likeness (QED) is 0.693. The standard InChI is InChI=1S/C19H34O4/c1-2-3-4-5-7-14(20)15-9-10-18(22-15)19-12-11-17(23-19)16-8-6-13-21-16/h14-20H,2-13H2,1H3/t14-,15+,16+,17-,18-,19+/m1/s1. The Morgan fingerprint density at radius 3 is 2.35 bits per heavy atom. The van der Waals surface area contributed by atoms with Crippen molar-refractivity contribution in [2.45, 2.75) is 114 Å². The third-order valence-electron chi connectivity index (χ3n) is 5.75. The maximum Gasteiger partial charge on any atom is 0.0842 e. The van der Waals surface area contributed by atoms with E-state index < -0.39 is 0 Å². The summed E-state index contributed by atoms with van der Waals surface area (Å²) in [5, 5.41) is 10.3. The van der Waals surface area contributed by atoms with Gasteiger partial charge in [-0.1, -0.05) is 32.6 Å². The molecular weight excluding hydrogens is 292 g/mol. The van der Waals surface area contributed by atoms with Gasteiger partial charge in [0.05, 0.1) is 36.6 Å². The zero-order chi connectivity index (χ0) is 16.1. The van der Waals surface area contributed by atoms with Crippen LogP contribution in [0.15, 0.2) is 0 Å². The minimum absolute atomic E-state index is 0.0204. The average Bonchev–Trinajstić information content (AvgIpc) is 3.31. The van der Waals surface area contributed by atoms with Gasteiger partial charge in [0.1, 0.15) is 0 Å². The zero-order valence-electron chi connectivity index (χ0n) is 14.6. The van der Waals surface area contributed by atoms with E-state index in [1.807, 2.05) is 0 Å². The summed E-state index contributed by atoms with van der Waals surface area (Å²) in [6.45, 7) is 3.11. The summed E-state index contributed by atoms with van der Waals surface area (Å²) in [6, 6.07) is 0. The molecule has 3 rings (SSSR count). The molecule has 1 N–H and O–H groups in total. The minimum Gasteiger partial charge on any atom is -0.390 e. The Labute approximate surface area is 140 Å². The van der Waals surface area contributed by atoms with E-state index in [2.05, 4.69) is 6.92 Å². The molecule has 3 fully saturated rings. The van der Waals surface area contributed by atoms with E-state index in [0.29, 0.717) is 6.10 Å². The first-order valence-electron chi connectivity index (χ1n) is 9.88. The normalized spacial score (nSPS) is 39.1. The van der Waals surface area contributed by atoms with Gasteiger partial charge in [-0.2, -0.15) is 0 Å². The fourth-order valence-electron chi connectivity index (χ4n) is 4.34. The predicted molar refractivity (Wildman–Crippen MR) is 89.5 cm³/mol. The van der Waals surface area contributed by atoms with Crippen molar-refractivity contribution in [3.63, 3.8) is 0 Å². The lowest BCUT2D eigenvalue weighted by atomic mass is 10.0. The van der Waals surface area contributed by atoms with Crippen LogP contribution in [-0.2, 0) is 14.2 Å². The van der Waals surface area contributed by atoms with Crippen LogP contribution >= 0.6 is 0 Å². The highest BCUT2D eigenvalue weighted by Gasteiger charge is 2.41. The smallest absolute Gasteiger partial charge is 0.0842 e. The van der Waals surface area contributed by atoms with Crippen LogP contribution < -0.4 is 0 Å². The van der Waals surface area contributed by atoms with Gasteiger partial charge in [-0.05, 0) is 44.9 Å².